The first-order chi connectivity index (χ1) is 7.06. The van der Waals surface area contributed by atoms with Gasteiger partial charge in [-0.15, -0.1) is 0 Å². The van der Waals surface area contributed by atoms with Crippen LogP contribution in [0.1, 0.15) is 33.6 Å². The summed E-state index contributed by atoms with van der Waals surface area (Å²) in [7, 11) is 2.14. The molecule has 0 aromatic carbocycles. The number of rotatable bonds is 2. The summed E-state index contributed by atoms with van der Waals surface area (Å²) in [5, 5.41) is 8.82. The summed E-state index contributed by atoms with van der Waals surface area (Å²) in [6.45, 7) is 8.92. The molecule has 86 valence electrons. The average Bonchev–Trinajstić information content (AvgIpc) is 2.31. The molecule has 3 nitrogen and oxygen atoms in total. The van der Waals surface area contributed by atoms with E-state index in [0.29, 0.717) is 24.5 Å². The average molecular weight is 209 g/mol. The van der Waals surface area contributed by atoms with E-state index in [9.17, 15) is 0 Å². The maximum Gasteiger partial charge on any atom is 0.0638 e. The number of hydrogen-bond acceptors (Lipinski definition) is 3. The van der Waals surface area contributed by atoms with Gasteiger partial charge in [-0.3, -0.25) is 4.90 Å². The van der Waals surface area contributed by atoms with Gasteiger partial charge in [-0.1, -0.05) is 0 Å². The zero-order valence-electron chi connectivity index (χ0n) is 10.4. The van der Waals surface area contributed by atoms with E-state index in [1.54, 1.807) is 0 Å². The molecule has 0 bridgehead atoms. The summed E-state index contributed by atoms with van der Waals surface area (Å²) < 4.78 is 0. The Labute approximate surface area is 93.7 Å². The van der Waals surface area contributed by atoms with Crippen molar-refractivity contribution < 1.29 is 0 Å². The van der Waals surface area contributed by atoms with Crippen molar-refractivity contribution in [2.75, 3.05) is 20.1 Å². The largest absolute Gasteiger partial charge is 0.301 e. The van der Waals surface area contributed by atoms with Crippen molar-refractivity contribution in [1.29, 1.82) is 5.26 Å². The number of nitriles is 1. The minimum atomic E-state index is 0.405. The van der Waals surface area contributed by atoms with Crippen molar-refractivity contribution in [3.8, 4) is 6.07 Å². The monoisotopic (exact) mass is 209 g/mol. The maximum atomic E-state index is 8.82. The summed E-state index contributed by atoms with van der Waals surface area (Å²) in [5.41, 5.74) is 0. The van der Waals surface area contributed by atoms with Crippen LogP contribution in [0.15, 0.2) is 0 Å². The molecule has 1 aliphatic rings. The lowest BCUT2D eigenvalue weighted by Crippen LogP contribution is -2.44. The van der Waals surface area contributed by atoms with Gasteiger partial charge in [0, 0.05) is 24.7 Å². The maximum absolute atomic E-state index is 8.82. The van der Waals surface area contributed by atoms with Crippen LogP contribution in [0.2, 0.25) is 0 Å². The van der Waals surface area contributed by atoms with E-state index >= 15 is 0 Å². The molecule has 0 aromatic heterocycles. The van der Waals surface area contributed by atoms with Crippen LogP contribution >= 0.6 is 0 Å². The number of likely N-dealkylation sites (N-methyl/N-ethyl adjacent to an activating group) is 1. The Kier molecular flexibility index (Phi) is 4.56. The van der Waals surface area contributed by atoms with Crippen LogP contribution in [0.5, 0.6) is 0 Å². The molecule has 2 unspecified atom stereocenters. The SMILES string of the molecule is CC(C)N1CC(CC#N)N(C)CCC1C. The molecule has 1 rings (SSSR count). The Bertz CT molecular complexity index is 232. The lowest BCUT2D eigenvalue weighted by Gasteiger charge is -2.33. The summed E-state index contributed by atoms with van der Waals surface area (Å²) in [6, 6.07) is 3.92. The van der Waals surface area contributed by atoms with Crippen molar-refractivity contribution in [3.05, 3.63) is 0 Å². The van der Waals surface area contributed by atoms with Gasteiger partial charge < -0.3 is 4.90 Å². The third-order valence-corrected chi connectivity index (χ3v) is 3.50. The van der Waals surface area contributed by atoms with E-state index in [1.807, 2.05) is 0 Å². The van der Waals surface area contributed by atoms with Gasteiger partial charge in [0.25, 0.3) is 0 Å². The zero-order chi connectivity index (χ0) is 11.4. The molecule has 1 aliphatic heterocycles. The van der Waals surface area contributed by atoms with Crippen LogP contribution in [-0.4, -0.2) is 48.1 Å². The second kappa shape index (κ2) is 5.48. The van der Waals surface area contributed by atoms with Gasteiger partial charge >= 0.3 is 0 Å². The molecule has 0 amide bonds. The summed E-state index contributed by atoms with van der Waals surface area (Å²) in [4.78, 5) is 4.85. The first kappa shape index (κ1) is 12.5. The smallest absolute Gasteiger partial charge is 0.0638 e. The third kappa shape index (κ3) is 3.19. The topological polar surface area (TPSA) is 30.3 Å². The van der Waals surface area contributed by atoms with Crippen molar-refractivity contribution in [2.45, 2.75) is 51.7 Å². The van der Waals surface area contributed by atoms with Gasteiger partial charge in [-0.25, -0.2) is 0 Å². The molecule has 2 atom stereocenters. The second-order valence-corrected chi connectivity index (χ2v) is 4.92. The van der Waals surface area contributed by atoms with Crippen LogP contribution in [0.4, 0.5) is 0 Å². The van der Waals surface area contributed by atoms with Crippen molar-refractivity contribution in [3.63, 3.8) is 0 Å². The Morgan fingerprint density at radius 3 is 2.67 bits per heavy atom. The molecule has 3 heteroatoms. The Balaban J connectivity index is 2.70. The first-order valence-corrected chi connectivity index (χ1v) is 5.89. The fourth-order valence-corrected chi connectivity index (χ4v) is 2.35. The molecule has 0 aromatic rings. The minimum Gasteiger partial charge on any atom is -0.301 e. The summed E-state index contributed by atoms with van der Waals surface area (Å²) in [5.74, 6) is 0. The van der Waals surface area contributed by atoms with E-state index in [0.717, 1.165) is 13.1 Å². The summed E-state index contributed by atoms with van der Waals surface area (Å²) >= 11 is 0. The van der Waals surface area contributed by atoms with E-state index in [4.69, 9.17) is 5.26 Å². The fourth-order valence-electron chi connectivity index (χ4n) is 2.35. The van der Waals surface area contributed by atoms with Gasteiger partial charge in [-0.05, 0) is 40.8 Å². The lowest BCUT2D eigenvalue weighted by molar-refractivity contribution is 0.147. The van der Waals surface area contributed by atoms with Crippen LogP contribution in [0.3, 0.4) is 0 Å². The number of nitrogens with zero attached hydrogens (tertiary/aromatic N) is 3. The third-order valence-electron chi connectivity index (χ3n) is 3.50. The normalized spacial score (nSPS) is 30.1. The minimum absolute atomic E-state index is 0.405. The molecule has 1 heterocycles. The van der Waals surface area contributed by atoms with Gasteiger partial charge in [0.05, 0.1) is 12.5 Å². The predicted octanol–water partition coefficient (Wildman–Crippen LogP) is 1.70. The molecule has 0 saturated carbocycles. The molecule has 1 fully saturated rings. The predicted molar refractivity (Wildman–Crippen MR) is 62.6 cm³/mol. The fraction of sp³-hybridized carbons (Fsp3) is 0.917. The van der Waals surface area contributed by atoms with E-state index in [1.165, 1.54) is 6.42 Å². The van der Waals surface area contributed by atoms with Crippen molar-refractivity contribution >= 4 is 0 Å². The van der Waals surface area contributed by atoms with Crippen LogP contribution < -0.4 is 0 Å². The molecule has 15 heavy (non-hydrogen) atoms. The van der Waals surface area contributed by atoms with Crippen molar-refractivity contribution in [2.24, 2.45) is 0 Å². The van der Waals surface area contributed by atoms with Crippen LogP contribution in [0.25, 0.3) is 0 Å². The quantitative estimate of drug-likeness (QED) is 0.693. The van der Waals surface area contributed by atoms with Crippen molar-refractivity contribution in [1.82, 2.24) is 9.80 Å². The standard InChI is InChI=1S/C12H23N3/c1-10(2)15-9-12(5-7-13)14(4)8-6-11(15)3/h10-12H,5-6,8-9H2,1-4H3. The van der Waals surface area contributed by atoms with E-state index in [2.05, 4.69) is 43.7 Å². The highest BCUT2D eigenvalue weighted by molar-refractivity contribution is 4.89. The van der Waals surface area contributed by atoms with Gasteiger partial charge in [0.15, 0.2) is 0 Å². The molecular weight excluding hydrogens is 186 g/mol. The van der Waals surface area contributed by atoms with E-state index < -0.39 is 0 Å². The highest BCUT2D eigenvalue weighted by Gasteiger charge is 2.27. The first-order valence-electron chi connectivity index (χ1n) is 5.89. The second-order valence-electron chi connectivity index (χ2n) is 4.92. The molecule has 0 aliphatic carbocycles. The molecule has 0 N–H and O–H groups in total. The Morgan fingerprint density at radius 1 is 1.47 bits per heavy atom. The van der Waals surface area contributed by atoms with Gasteiger partial charge in [0.1, 0.15) is 0 Å². The van der Waals surface area contributed by atoms with Crippen LogP contribution in [0, 0.1) is 11.3 Å². The van der Waals surface area contributed by atoms with Crippen LogP contribution in [-0.2, 0) is 0 Å². The van der Waals surface area contributed by atoms with Gasteiger partial charge in [-0.2, -0.15) is 5.26 Å². The molecule has 1 saturated heterocycles. The van der Waals surface area contributed by atoms with Gasteiger partial charge in [0.2, 0.25) is 0 Å². The Morgan fingerprint density at radius 2 is 2.13 bits per heavy atom. The Hall–Kier alpha value is -0.590. The molecule has 0 spiro atoms. The van der Waals surface area contributed by atoms with E-state index in [-0.39, 0.29) is 0 Å². The lowest BCUT2D eigenvalue weighted by atomic mass is 10.1. The molecular formula is C12H23N3. The number of hydrogen-bond donors (Lipinski definition) is 0. The highest BCUT2D eigenvalue weighted by Crippen LogP contribution is 2.18. The molecule has 0 radical (unpaired) electrons. The zero-order valence-corrected chi connectivity index (χ0v) is 10.4. The summed E-state index contributed by atoms with van der Waals surface area (Å²) in [6.07, 6.45) is 1.85. The highest BCUT2D eigenvalue weighted by atomic mass is 15.3.